The average molecular weight is 627 g/mol. The molecule has 2 aliphatic carbocycles. The summed E-state index contributed by atoms with van der Waals surface area (Å²) >= 11 is 0. The first kappa shape index (κ1) is 32.2. The number of carbonyl (C=O) groups is 3. The summed E-state index contributed by atoms with van der Waals surface area (Å²) in [7, 11) is -1.91. The minimum atomic E-state index is -3.62. The molecule has 4 bridgehead atoms. The van der Waals surface area contributed by atoms with Gasteiger partial charge in [-0.3, -0.25) is 9.59 Å². The Morgan fingerprint density at radius 1 is 1.23 bits per heavy atom. The molecule has 2 aliphatic heterocycles. The smallest absolute Gasteiger partial charge is 0.317 e. The number of amides is 4. The lowest BCUT2D eigenvalue weighted by molar-refractivity contribution is -0.142. The summed E-state index contributed by atoms with van der Waals surface area (Å²) in [5.74, 6) is -1.30. The van der Waals surface area contributed by atoms with E-state index in [0.717, 1.165) is 24.0 Å². The lowest BCUT2D eigenvalue weighted by Crippen LogP contribution is -2.60. The standard InChI is InChI=1S/C33H46N4O6S/c1-6-24-19-33(24,44(41,42)26-14-15-26)35-29(38)27-18-25-20-37(27)30(39)28(32(2,3)4)34-31(40)36(5)16-9-7-8-11-22-12-10-13-23(17-22)21-43-25/h6,8,10-13,17,24-28H,1,7,9,14-16,18-21H2,2-5H3,(H,34,40)(H,35,38)/b11-8+/t24-,25+,27-,28+,33-/m0/s1. The number of sulfone groups is 1. The highest BCUT2D eigenvalue weighted by atomic mass is 32.2. The number of rotatable bonds is 5. The molecule has 240 valence electrons. The molecule has 2 N–H and O–H groups in total. The van der Waals surface area contributed by atoms with E-state index in [-0.39, 0.29) is 31.3 Å². The van der Waals surface area contributed by atoms with Gasteiger partial charge in [0.05, 0.1) is 18.0 Å². The molecule has 1 aromatic rings. The molecule has 0 spiro atoms. The normalized spacial score (nSPS) is 31.0. The number of carbonyl (C=O) groups excluding carboxylic acids is 3. The predicted molar refractivity (Wildman–Crippen MR) is 169 cm³/mol. The van der Waals surface area contributed by atoms with Crippen LogP contribution in [-0.2, 0) is 30.8 Å². The number of hydrogen-bond donors (Lipinski definition) is 2. The molecule has 4 amide bonds. The zero-order valence-corrected chi connectivity index (χ0v) is 27.1. The van der Waals surface area contributed by atoms with Gasteiger partial charge in [-0.25, -0.2) is 13.2 Å². The molecule has 2 heterocycles. The molecule has 3 fully saturated rings. The number of allylic oxidation sites excluding steroid dienone is 1. The van der Waals surface area contributed by atoms with Crippen LogP contribution in [0.5, 0.6) is 0 Å². The zero-order chi connectivity index (χ0) is 31.9. The van der Waals surface area contributed by atoms with Crippen LogP contribution in [-0.4, -0.2) is 84.5 Å². The molecule has 44 heavy (non-hydrogen) atoms. The second-order valence-corrected chi connectivity index (χ2v) is 16.3. The molecular formula is C33H46N4O6S. The van der Waals surface area contributed by atoms with Crippen LogP contribution in [0.4, 0.5) is 4.79 Å². The summed E-state index contributed by atoms with van der Waals surface area (Å²) in [4.78, 5) is 43.2. The third kappa shape index (κ3) is 6.59. The summed E-state index contributed by atoms with van der Waals surface area (Å²) in [6, 6.07) is 5.76. The Labute approximate surface area is 261 Å². The summed E-state index contributed by atoms with van der Waals surface area (Å²) in [6.45, 7) is 10.4. The van der Waals surface area contributed by atoms with Gasteiger partial charge in [0.25, 0.3) is 0 Å². The first-order chi connectivity index (χ1) is 20.8. The van der Waals surface area contributed by atoms with Crippen LogP contribution in [0, 0.1) is 11.3 Å². The van der Waals surface area contributed by atoms with Crippen LogP contribution in [0.1, 0.15) is 70.4 Å². The minimum absolute atomic E-state index is 0.141. The van der Waals surface area contributed by atoms with Crippen LogP contribution in [0.3, 0.4) is 0 Å². The van der Waals surface area contributed by atoms with Crippen molar-refractivity contribution in [1.82, 2.24) is 20.4 Å². The van der Waals surface area contributed by atoms with Crippen molar-refractivity contribution in [3.05, 3.63) is 54.1 Å². The van der Waals surface area contributed by atoms with E-state index in [1.54, 1.807) is 18.0 Å². The van der Waals surface area contributed by atoms with Crippen LogP contribution in [0.15, 0.2) is 43.0 Å². The van der Waals surface area contributed by atoms with E-state index in [1.807, 2.05) is 45.0 Å². The van der Waals surface area contributed by atoms with E-state index in [2.05, 4.69) is 29.4 Å². The second kappa shape index (κ2) is 12.3. The quantitative estimate of drug-likeness (QED) is 0.481. The SMILES string of the molecule is C=C[C@H]1C[C@]1(NC(=O)[C@@H]1C[C@@H]2CN1C(=O)[C@H](C(C)(C)C)NC(=O)N(C)CCC/C=C/c1cccc(c1)CO2)S(=O)(=O)C1CC1. The highest BCUT2D eigenvalue weighted by Crippen LogP contribution is 2.53. The van der Waals surface area contributed by atoms with Crippen LogP contribution in [0.2, 0.25) is 0 Å². The van der Waals surface area contributed by atoms with Gasteiger partial charge in [0.15, 0.2) is 9.84 Å². The molecule has 5 rings (SSSR count). The Hall–Kier alpha value is -3.18. The number of ether oxygens (including phenoxy) is 1. The van der Waals surface area contributed by atoms with Crippen LogP contribution in [0.25, 0.3) is 6.08 Å². The number of fused-ring (bicyclic) bond motifs is 4. The number of hydrogen-bond acceptors (Lipinski definition) is 6. The van der Waals surface area contributed by atoms with Crippen LogP contribution < -0.4 is 10.6 Å². The minimum Gasteiger partial charge on any atom is -0.372 e. The third-order valence-electron chi connectivity index (χ3n) is 9.24. The number of nitrogens with one attached hydrogen (secondary N) is 2. The first-order valence-electron chi connectivity index (χ1n) is 15.6. The molecule has 5 atom stereocenters. The zero-order valence-electron chi connectivity index (χ0n) is 26.3. The summed E-state index contributed by atoms with van der Waals surface area (Å²) < 4.78 is 33.2. The molecular weight excluding hydrogens is 580 g/mol. The van der Waals surface area contributed by atoms with Gasteiger partial charge in [-0.15, -0.1) is 6.58 Å². The Bertz CT molecular complexity index is 1430. The van der Waals surface area contributed by atoms with Crippen molar-refractivity contribution >= 4 is 33.8 Å². The monoisotopic (exact) mass is 626 g/mol. The average Bonchev–Trinajstić information content (AvgIpc) is 3.90. The Morgan fingerprint density at radius 2 is 1.98 bits per heavy atom. The number of urea groups is 1. The fourth-order valence-corrected chi connectivity index (χ4v) is 8.80. The van der Waals surface area contributed by atoms with Crippen molar-refractivity contribution in [2.75, 3.05) is 20.1 Å². The summed E-state index contributed by atoms with van der Waals surface area (Å²) in [6.07, 6.45) is 8.48. The third-order valence-corrected chi connectivity index (χ3v) is 12.2. The lowest BCUT2D eigenvalue weighted by atomic mass is 9.85. The number of nitrogens with zero attached hydrogens (tertiary/aromatic N) is 2. The van der Waals surface area contributed by atoms with Gasteiger partial charge in [0, 0.05) is 32.5 Å². The van der Waals surface area contributed by atoms with Crippen molar-refractivity contribution in [2.45, 2.75) is 94.2 Å². The van der Waals surface area contributed by atoms with Crippen molar-refractivity contribution in [3.63, 3.8) is 0 Å². The molecule has 11 heteroatoms. The largest absolute Gasteiger partial charge is 0.372 e. The van der Waals surface area contributed by atoms with Gasteiger partial charge in [-0.1, -0.05) is 57.2 Å². The summed E-state index contributed by atoms with van der Waals surface area (Å²) in [5.41, 5.74) is 1.34. The van der Waals surface area contributed by atoms with Gasteiger partial charge in [0.2, 0.25) is 11.8 Å². The molecule has 1 aromatic carbocycles. The Kier molecular flexibility index (Phi) is 9.01. The topological polar surface area (TPSA) is 125 Å². The Morgan fingerprint density at radius 3 is 2.64 bits per heavy atom. The fraction of sp³-hybridized carbons (Fsp3) is 0.606. The Balaban J connectivity index is 1.45. The molecule has 10 nitrogen and oxygen atoms in total. The van der Waals surface area contributed by atoms with E-state index in [1.165, 1.54) is 4.90 Å². The molecule has 2 saturated carbocycles. The number of benzene rings is 1. The van der Waals surface area contributed by atoms with E-state index >= 15 is 0 Å². The van der Waals surface area contributed by atoms with E-state index in [9.17, 15) is 22.8 Å². The van der Waals surface area contributed by atoms with Gasteiger partial charge < -0.3 is 25.2 Å². The molecule has 4 aliphatic rings. The molecule has 0 unspecified atom stereocenters. The van der Waals surface area contributed by atoms with Crippen molar-refractivity contribution in [1.29, 1.82) is 0 Å². The van der Waals surface area contributed by atoms with Gasteiger partial charge in [-0.2, -0.15) is 0 Å². The highest BCUT2D eigenvalue weighted by Gasteiger charge is 2.67. The van der Waals surface area contributed by atoms with E-state index in [4.69, 9.17) is 4.74 Å². The fourth-order valence-electron chi connectivity index (χ4n) is 6.28. The molecule has 1 saturated heterocycles. The first-order valence-corrected chi connectivity index (χ1v) is 17.2. The van der Waals surface area contributed by atoms with Crippen LogP contribution >= 0.6 is 0 Å². The van der Waals surface area contributed by atoms with Crippen molar-refractivity contribution in [3.8, 4) is 0 Å². The predicted octanol–water partition coefficient (Wildman–Crippen LogP) is 3.63. The van der Waals surface area contributed by atoms with Gasteiger partial charge in [-0.05, 0) is 54.7 Å². The second-order valence-electron chi connectivity index (χ2n) is 13.8. The van der Waals surface area contributed by atoms with Crippen molar-refractivity contribution < 1.29 is 27.5 Å². The maximum Gasteiger partial charge on any atom is 0.317 e. The lowest BCUT2D eigenvalue weighted by Gasteiger charge is -2.36. The molecule has 0 aromatic heterocycles. The maximum atomic E-state index is 14.3. The van der Waals surface area contributed by atoms with Gasteiger partial charge in [0.1, 0.15) is 17.0 Å². The highest BCUT2D eigenvalue weighted by molar-refractivity contribution is 7.94. The maximum absolute atomic E-state index is 14.3. The molecule has 0 radical (unpaired) electrons. The van der Waals surface area contributed by atoms with E-state index < -0.39 is 55.4 Å². The van der Waals surface area contributed by atoms with Gasteiger partial charge >= 0.3 is 6.03 Å². The van der Waals surface area contributed by atoms with Crippen molar-refractivity contribution in [2.24, 2.45) is 11.3 Å². The van der Waals surface area contributed by atoms with E-state index in [0.29, 0.717) is 26.0 Å². The summed E-state index contributed by atoms with van der Waals surface area (Å²) in [5, 5.41) is 5.35.